The summed E-state index contributed by atoms with van der Waals surface area (Å²) in [6.45, 7) is 7.20. The summed E-state index contributed by atoms with van der Waals surface area (Å²) in [6.07, 6.45) is 3.19. The maximum atomic E-state index is 14.2. The third-order valence-corrected chi connectivity index (χ3v) is 7.96. The maximum absolute atomic E-state index is 14.2. The van der Waals surface area contributed by atoms with Crippen LogP contribution in [0.25, 0.3) is 10.9 Å². The van der Waals surface area contributed by atoms with Gasteiger partial charge in [-0.05, 0) is 60.2 Å². The van der Waals surface area contributed by atoms with Gasteiger partial charge in [0.15, 0.2) is 0 Å². The van der Waals surface area contributed by atoms with Gasteiger partial charge in [0.1, 0.15) is 11.5 Å². The number of nitrogens with one attached hydrogen (secondary N) is 2. The van der Waals surface area contributed by atoms with E-state index < -0.39 is 5.41 Å². The van der Waals surface area contributed by atoms with Gasteiger partial charge in [-0.2, -0.15) is 0 Å². The topological polar surface area (TPSA) is 94.7 Å². The van der Waals surface area contributed by atoms with Crippen molar-refractivity contribution in [2.45, 2.75) is 32.1 Å². The average Bonchev–Trinajstić information content (AvgIpc) is 3.19. The van der Waals surface area contributed by atoms with Crippen LogP contribution in [0.1, 0.15) is 42.5 Å². The molecule has 2 aliphatic rings. The van der Waals surface area contributed by atoms with Crippen LogP contribution >= 0.6 is 0 Å². The van der Waals surface area contributed by atoms with Crippen molar-refractivity contribution >= 4 is 22.7 Å². The van der Waals surface area contributed by atoms with Gasteiger partial charge in [-0.1, -0.05) is 25.1 Å². The zero-order valence-electron chi connectivity index (χ0n) is 20.8. The molecule has 188 valence electrons. The van der Waals surface area contributed by atoms with Crippen molar-refractivity contribution in [1.82, 2.24) is 15.2 Å². The number of imide groups is 1. The smallest absolute Gasteiger partial charge is 0.235 e. The van der Waals surface area contributed by atoms with E-state index in [-0.39, 0.29) is 29.4 Å². The molecule has 0 radical (unpaired) electrons. The number of phenols is 1. The molecule has 5 rings (SSSR count). The Morgan fingerprint density at radius 3 is 2.86 bits per heavy atom. The van der Waals surface area contributed by atoms with E-state index in [4.69, 9.17) is 4.74 Å². The molecule has 0 spiro atoms. The number of H-pyrrole nitrogens is 1. The van der Waals surface area contributed by atoms with Crippen molar-refractivity contribution in [2.24, 2.45) is 11.3 Å². The predicted octanol–water partition coefficient (Wildman–Crippen LogP) is 4.12. The van der Waals surface area contributed by atoms with Crippen LogP contribution in [-0.2, 0) is 16.0 Å². The number of hydrogen-bond donors (Lipinski definition) is 3. The van der Waals surface area contributed by atoms with Crippen LogP contribution in [0.3, 0.4) is 0 Å². The molecule has 1 aromatic heterocycles. The van der Waals surface area contributed by atoms with Gasteiger partial charge in [0.2, 0.25) is 11.8 Å². The summed E-state index contributed by atoms with van der Waals surface area (Å²) in [5, 5.41) is 14.6. The number of fused-ring (bicyclic) bond motifs is 4. The molecule has 7 heteroatoms. The number of methoxy groups -OCH3 is 1. The Morgan fingerprint density at radius 1 is 1.28 bits per heavy atom. The van der Waals surface area contributed by atoms with Gasteiger partial charge in [0.25, 0.3) is 0 Å². The lowest BCUT2D eigenvalue weighted by Gasteiger charge is -2.45. The summed E-state index contributed by atoms with van der Waals surface area (Å²) < 4.78 is 5.50. The molecule has 2 amide bonds. The van der Waals surface area contributed by atoms with Crippen LogP contribution in [0, 0.1) is 11.3 Å². The lowest BCUT2D eigenvalue weighted by molar-refractivity contribution is -0.151. The first-order valence-electron chi connectivity index (χ1n) is 12.5. The number of aromatic nitrogens is 1. The molecule has 0 saturated carbocycles. The van der Waals surface area contributed by atoms with E-state index in [0.29, 0.717) is 38.9 Å². The number of carbonyl (C=O) groups excluding carboxylic acids is 2. The lowest BCUT2D eigenvalue weighted by atomic mass is 9.59. The molecule has 2 heterocycles. The number of aromatic hydroxyl groups is 1. The van der Waals surface area contributed by atoms with E-state index >= 15 is 0 Å². The number of phenolic OH excluding ortho intramolecular Hbond substituents is 1. The third kappa shape index (κ3) is 3.97. The minimum Gasteiger partial charge on any atom is -0.508 e. The van der Waals surface area contributed by atoms with E-state index in [1.54, 1.807) is 25.3 Å². The predicted molar refractivity (Wildman–Crippen MR) is 139 cm³/mol. The summed E-state index contributed by atoms with van der Waals surface area (Å²) in [5.41, 5.74) is 3.26. The van der Waals surface area contributed by atoms with Gasteiger partial charge in [-0.3, -0.25) is 14.5 Å². The van der Waals surface area contributed by atoms with Gasteiger partial charge >= 0.3 is 0 Å². The normalized spacial score (nSPS) is 23.8. The van der Waals surface area contributed by atoms with Crippen molar-refractivity contribution in [3.8, 4) is 11.5 Å². The molecule has 1 unspecified atom stereocenters. The molecule has 3 atom stereocenters. The fraction of sp³-hybridized carbons (Fsp3) is 0.379. The Balaban J connectivity index is 1.65. The molecule has 7 nitrogen and oxygen atoms in total. The summed E-state index contributed by atoms with van der Waals surface area (Å²) >= 11 is 0. The second kappa shape index (κ2) is 9.47. The van der Waals surface area contributed by atoms with Crippen LogP contribution in [0.5, 0.6) is 11.5 Å². The summed E-state index contributed by atoms with van der Waals surface area (Å²) in [5.74, 6) is 0.418. The second-order valence-corrected chi connectivity index (χ2v) is 10.1. The van der Waals surface area contributed by atoms with E-state index in [1.165, 1.54) is 4.90 Å². The largest absolute Gasteiger partial charge is 0.508 e. The molecule has 1 aliphatic heterocycles. The Bertz CT molecular complexity index is 1330. The number of ether oxygens (including phenoxy) is 1. The molecule has 1 aliphatic carbocycles. The molecule has 0 bridgehead atoms. The van der Waals surface area contributed by atoms with Gasteiger partial charge in [0.05, 0.1) is 12.5 Å². The lowest BCUT2D eigenvalue weighted by Crippen LogP contribution is -2.51. The molecule has 3 N–H and O–H groups in total. The van der Waals surface area contributed by atoms with Gasteiger partial charge in [-0.25, -0.2) is 0 Å². The van der Waals surface area contributed by atoms with Crippen molar-refractivity contribution in [3.05, 3.63) is 71.9 Å². The number of likely N-dealkylation sites (tertiary alicyclic amines) is 1. The van der Waals surface area contributed by atoms with Crippen LogP contribution in [0.2, 0.25) is 0 Å². The first-order chi connectivity index (χ1) is 17.4. The summed E-state index contributed by atoms with van der Waals surface area (Å²) in [7, 11) is 1.64. The van der Waals surface area contributed by atoms with Crippen LogP contribution in [-0.4, -0.2) is 53.5 Å². The standard InChI is InChI=1S/C29H33N3O4/c1-4-12-30-13-14-32-25(34)11-9-23-26(18-6-5-7-19(33)15-18)27-22(17-29(23,2)28(32)35)21-16-20(36-3)8-10-24(21)31-27/h4-8,10,15-16,23,26,30-31,33H,1,9,11-14,17H2,2-3H3/t23?,26-,29+/m0/s1. The fourth-order valence-corrected chi connectivity index (χ4v) is 6.19. The molecule has 36 heavy (non-hydrogen) atoms. The fourth-order valence-electron chi connectivity index (χ4n) is 6.19. The first-order valence-corrected chi connectivity index (χ1v) is 12.5. The highest BCUT2D eigenvalue weighted by atomic mass is 16.5. The number of amides is 2. The molecule has 1 saturated heterocycles. The van der Waals surface area contributed by atoms with E-state index in [2.05, 4.69) is 16.9 Å². The van der Waals surface area contributed by atoms with Gasteiger partial charge in [0, 0.05) is 48.6 Å². The van der Waals surface area contributed by atoms with Crippen molar-refractivity contribution in [1.29, 1.82) is 0 Å². The molecular formula is C29H33N3O4. The Kier molecular flexibility index (Phi) is 6.35. The SMILES string of the molecule is C=CCNCCN1C(=O)CCC2[C@H](c3cccc(O)c3)c3[nH]c4ccc(OC)cc4c3C[C@@]2(C)C1=O. The number of benzene rings is 2. The Morgan fingerprint density at radius 2 is 2.11 bits per heavy atom. The van der Waals surface area contributed by atoms with Gasteiger partial charge < -0.3 is 20.1 Å². The maximum Gasteiger partial charge on any atom is 0.235 e. The minimum atomic E-state index is -0.786. The Hall–Kier alpha value is -3.58. The van der Waals surface area contributed by atoms with E-state index in [0.717, 1.165) is 33.5 Å². The van der Waals surface area contributed by atoms with Crippen molar-refractivity contribution < 1.29 is 19.4 Å². The monoisotopic (exact) mass is 487 g/mol. The summed E-state index contributed by atoms with van der Waals surface area (Å²) in [4.78, 5) is 32.4. The number of rotatable bonds is 7. The van der Waals surface area contributed by atoms with E-state index in [9.17, 15) is 14.7 Å². The number of aromatic amines is 1. The van der Waals surface area contributed by atoms with E-state index in [1.807, 2.05) is 37.3 Å². The number of nitrogens with zero attached hydrogens (tertiary/aromatic N) is 1. The second-order valence-electron chi connectivity index (χ2n) is 10.1. The first kappa shape index (κ1) is 24.1. The number of hydrogen-bond acceptors (Lipinski definition) is 5. The van der Waals surface area contributed by atoms with Crippen molar-refractivity contribution in [2.75, 3.05) is 26.7 Å². The van der Waals surface area contributed by atoms with Crippen LogP contribution in [0.4, 0.5) is 0 Å². The third-order valence-electron chi connectivity index (χ3n) is 7.96. The van der Waals surface area contributed by atoms with Gasteiger partial charge in [-0.15, -0.1) is 6.58 Å². The number of carbonyl (C=O) groups is 2. The highest BCUT2D eigenvalue weighted by Crippen LogP contribution is 2.55. The highest BCUT2D eigenvalue weighted by Gasteiger charge is 2.54. The quantitative estimate of drug-likeness (QED) is 0.265. The molecule has 1 fully saturated rings. The average molecular weight is 488 g/mol. The minimum absolute atomic E-state index is 0.107. The zero-order valence-corrected chi connectivity index (χ0v) is 20.8. The van der Waals surface area contributed by atoms with Crippen molar-refractivity contribution in [3.63, 3.8) is 0 Å². The zero-order chi connectivity index (χ0) is 25.4. The molecule has 3 aromatic rings. The highest BCUT2D eigenvalue weighted by molar-refractivity contribution is 6.00. The molecular weight excluding hydrogens is 454 g/mol. The van der Waals surface area contributed by atoms with Crippen LogP contribution < -0.4 is 10.1 Å². The molecule has 2 aromatic carbocycles. The Labute approximate surface area is 211 Å². The summed E-state index contributed by atoms with van der Waals surface area (Å²) in [6, 6.07) is 13.2. The van der Waals surface area contributed by atoms with Crippen LogP contribution in [0.15, 0.2) is 55.1 Å².